The van der Waals surface area contributed by atoms with E-state index in [1.54, 1.807) is 6.07 Å². The summed E-state index contributed by atoms with van der Waals surface area (Å²) in [6, 6.07) is 5.49. The van der Waals surface area contributed by atoms with Crippen LogP contribution in [0.25, 0.3) is 0 Å². The molecule has 1 aromatic carbocycles. The summed E-state index contributed by atoms with van der Waals surface area (Å²) in [7, 11) is 0. The maximum absolute atomic E-state index is 12.5. The van der Waals surface area contributed by atoms with Crippen molar-refractivity contribution in [2.45, 2.75) is 26.2 Å². The highest BCUT2D eigenvalue weighted by molar-refractivity contribution is 14.1. The molecule has 2 rings (SSSR count). The maximum Gasteiger partial charge on any atom is 0.254 e. The van der Waals surface area contributed by atoms with Gasteiger partial charge in [0.25, 0.3) is 5.91 Å². The van der Waals surface area contributed by atoms with Gasteiger partial charge >= 0.3 is 0 Å². The number of halogens is 2. The molecule has 0 aromatic heterocycles. The van der Waals surface area contributed by atoms with E-state index in [0.29, 0.717) is 10.9 Å². The van der Waals surface area contributed by atoms with Crippen LogP contribution in [-0.4, -0.2) is 23.9 Å². The fraction of sp³-hybridized carbons (Fsp3) is 0.500. The van der Waals surface area contributed by atoms with E-state index in [0.717, 1.165) is 22.2 Å². The van der Waals surface area contributed by atoms with Crippen LogP contribution in [-0.2, 0) is 0 Å². The molecule has 1 aromatic rings. The van der Waals surface area contributed by atoms with E-state index in [1.807, 2.05) is 24.0 Å². The largest absolute Gasteiger partial charge is 0.339 e. The fourth-order valence-electron chi connectivity index (χ4n) is 2.17. The normalized spacial score (nSPS) is 15.3. The van der Waals surface area contributed by atoms with Gasteiger partial charge < -0.3 is 4.90 Å². The topological polar surface area (TPSA) is 20.3 Å². The molecule has 0 unspecified atom stereocenters. The number of amides is 1. The van der Waals surface area contributed by atoms with Crippen molar-refractivity contribution in [2.24, 2.45) is 5.92 Å². The average molecular weight is 378 g/mol. The molecule has 0 heterocycles. The quantitative estimate of drug-likeness (QED) is 0.720. The fourth-order valence-corrected chi connectivity index (χ4v) is 2.91. The Morgan fingerprint density at radius 2 is 2.22 bits per heavy atom. The predicted molar refractivity (Wildman–Crippen MR) is 83.1 cm³/mol. The molecular weight excluding hydrogens is 361 g/mol. The monoisotopic (exact) mass is 377 g/mol. The molecule has 0 aliphatic heterocycles. The zero-order valence-electron chi connectivity index (χ0n) is 10.5. The predicted octanol–water partition coefficient (Wildman–Crippen LogP) is 4.21. The highest BCUT2D eigenvalue weighted by Gasteiger charge is 2.24. The van der Waals surface area contributed by atoms with Gasteiger partial charge in [0, 0.05) is 21.7 Å². The molecule has 1 aliphatic carbocycles. The van der Waals surface area contributed by atoms with E-state index in [2.05, 4.69) is 22.6 Å². The summed E-state index contributed by atoms with van der Waals surface area (Å²) >= 11 is 8.17. The van der Waals surface area contributed by atoms with Crippen molar-refractivity contribution >= 4 is 40.1 Å². The Labute approximate surface area is 127 Å². The summed E-state index contributed by atoms with van der Waals surface area (Å²) in [5.74, 6) is 0.807. The molecule has 1 fully saturated rings. The highest BCUT2D eigenvalue weighted by atomic mass is 127. The van der Waals surface area contributed by atoms with Crippen molar-refractivity contribution in [1.82, 2.24) is 4.90 Å². The molecular formula is C14H17ClINO. The van der Waals surface area contributed by atoms with Crippen molar-refractivity contribution in [3.05, 3.63) is 32.4 Å². The first kappa shape index (κ1) is 14.1. The number of benzene rings is 1. The standard InChI is InChI=1S/C14H17ClINO/c1-2-17(9-10-4-3-5-10)14(18)12-8-11(15)6-7-13(12)16/h6-8,10H,2-5,9H2,1H3. The smallest absolute Gasteiger partial charge is 0.254 e. The third-order valence-electron chi connectivity index (χ3n) is 3.53. The number of hydrogen-bond acceptors (Lipinski definition) is 1. The molecule has 1 amide bonds. The molecule has 0 spiro atoms. The summed E-state index contributed by atoms with van der Waals surface area (Å²) in [5, 5.41) is 0.624. The van der Waals surface area contributed by atoms with E-state index in [4.69, 9.17) is 11.6 Å². The first-order valence-electron chi connectivity index (χ1n) is 6.36. The summed E-state index contributed by atoms with van der Waals surface area (Å²) in [5.41, 5.74) is 0.726. The lowest BCUT2D eigenvalue weighted by molar-refractivity contribution is 0.0705. The van der Waals surface area contributed by atoms with Crippen LogP contribution in [0.5, 0.6) is 0 Å². The van der Waals surface area contributed by atoms with E-state index in [-0.39, 0.29) is 5.91 Å². The lowest BCUT2D eigenvalue weighted by Gasteiger charge is -2.32. The van der Waals surface area contributed by atoms with Crippen molar-refractivity contribution in [1.29, 1.82) is 0 Å². The second kappa shape index (κ2) is 6.24. The van der Waals surface area contributed by atoms with Crippen LogP contribution >= 0.6 is 34.2 Å². The summed E-state index contributed by atoms with van der Waals surface area (Å²) in [4.78, 5) is 14.4. The van der Waals surface area contributed by atoms with Crippen LogP contribution < -0.4 is 0 Å². The van der Waals surface area contributed by atoms with Gasteiger partial charge in [-0.1, -0.05) is 18.0 Å². The van der Waals surface area contributed by atoms with Gasteiger partial charge in [-0.3, -0.25) is 4.79 Å². The van der Waals surface area contributed by atoms with Crippen molar-refractivity contribution in [2.75, 3.05) is 13.1 Å². The summed E-state index contributed by atoms with van der Waals surface area (Å²) in [6.45, 7) is 3.68. The van der Waals surface area contributed by atoms with Gasteiger partial charge in [-0.2, -0.15) is 0 Å². The van der Waals surface area contributed by atoms with Crippen molar-refractivity contribution in [3.63, 3.8) is 0 Å². The Morgan fingerprint density at radius 3 is 2.78 bits per heavy atom. The zero-order chi connectivity index (χ0) is 13.1. The van der Waals surface area contributed by atoms with Crippen LogP contribution in [0.15, 0.2) is 18.2 Å². The van der Waals surface area contributed by atoms with Gasteiger partial charge in [0.15, 0.2) is 0 Å². The van der Waals surface area contributed by atoms with Crippen molar-refractivity contribution < 1.29 is 4.79 Å². The van der Waals surface area contributed by atoms with Crippen LogP contribution in [0.4, 0.5) is 0 Å². The second-order valence-corrected chi connectivity index (χ2v) is 6.36. The van der Waals surface area contributed by atoms with E-state index >= 15 is 0 Å². The lowest BCUT2D eigenvalue weighted by atomic mass is 9.85. The van der Waals surface area contributed by atoms with Crippen LogP contribution in [0, 0.1) is 9.49 Å². The maximum atomic E-state index is 12.5. The molecule has 0 atom stereocenters. The van der Waals surface area contributed by atoms with Crippen LogP contribution in [0.3, 0.4) is 0 Å². The third-order valence-corrected chi connectivity index (χ3v) is 4.71. The Balaban J connectivity index is 2.14. The lowest BCUT2D eigenvalue weighted by Crippen LogP contribution is -2.37. The third kappa shape index (κ3) is 3.18. The first-order chi connectivity index (χ1) is 8.61. The Kier molecular flexibility index (Phi) is 4.90. The molecule has 0 N–H and O–H groups in total. The van der Waals surface area contributed by atoms with Gasteiger partial charge in [0.05, 0.1) is 5.56 Å². The van der Waals surface area contributed by atoms with Crippen LogP contribution in [0.2, 0.25) is 5.02 Å². The Morgan fingerprint density at radius 1 is 1.50 bits per heavy atom. The summed E-state index contributed by atoms with van der Waals surface area (Å²) in [6.07, 6.45) is 3.83. The number of rotatable bonds is 4. The van der Waals surface area contributed by atoms with E-state index in [1.165, 1.54) is 19.3 Å². The van der Waals surface area contributed by atoms with Gasteiger partial charge in [-0.15, -0.1) is 0 Å². The molecule has 18 heavy (non-hydrogen) atoms. The second-order valence-electron chi connectivity index (χ2n) is 4.76. The Hall–Kier alpha value is -0.290. The zero-order valence-corrected chi connectivity index (χ0v) is 13.4. The molecule has 0 saturated heterocycles. The molecule has 4 heteroatoms. The SMILES string of the molecule is CCN(CC1CCC1)C(=O)c1cc(Cl)ccc1I. The number of carbonyl (C=O) groups excluding carboxylic acids is 1. The highest BCUT2D eigenvalue weighted by Crippen LogP contribution is 2.28. The number of nitrogens with zero attached hydrogens (tertiary/aromatic N) is 1. The minimum absolute atomic E-state index is 0.108. The van der Waals surface area contributed by atoms with Gasteiger partial charge in [-0.05, 0) is 66.5 Å². The minimum Gasteiger partial charge on any atom is -0.339 e. The molecule has 0 radical (unpaired) electrons. The molecule has 1 saturated carbocycles. The van der Waals surface area contributed by atoms with Crippen LogP contribution in [0.1, 0.15) is 36.5 Å². The molecule has 1 aliphatic rings. The van der Waals surface area contributed by atoms with Gasteiger partial charge in [-0.25, -0.2) is 0 Å². The first-order valence-corrected chi connectivity index (χ1v) is 7.81. The number of hydrogen-bond donors (Lipinski definition) is 0. The molecule has 0 bridgehead atoms. The van der Waals surface area contributed by atoms with E-state index in [9.17, 15) is 4.79 Å². The molecule has 2 nitrogen and oxygen atoms in total. The van der Waals surface area contributed by atoms with E-state index < -0.39 is 0 Å². The van der Waals surface area contributed by atoms with Gasteiger partial charge in [0.1, 0.15) is 0 Å². The van der Waals surface area contributed by atoms with Gasteiger partial charge in [0.2, 0.25) is 0 Å². The molecule has 98 valence electrons. The number of carbonyl (C=O) groups is 1. The average Bonchev–Trinajstić information content (AvgIpc) is 2.30. The van der Waals surface area contributed by atoms with Crippen molar-refractivity contribution in [3.8, 4) is 0 Å². The minimum atomic E-state index is 0.108. The Bertz CT molecular complexity index is 445. The summed E-state index contributed by atoms with van der Waals surface area (Å²) < 4.78 is 0.967.